The number of non-ortho nitro benzene ring substituents is 1. The molecule has 0 radical (unpaired) electrons. The van der Waals surface area contributed by atoms with Gasteiger partial charge in [0.05, 0.1) is 48.1 Å². The number of carbonyl (C=O) groups is 2. The monoisotopic (exact) mass is 560 g/mol. The van der Waals surface area contributed by atoms with E-state index in [1.165, 1.54) is 18.2 Å². The summed E-state index contributed by atoms with van der Waals surface area (Å²) < 4.78 is 18.5. The first kappa shape index (κ1) is 29.2. The standard InChI is InChI=1S/C30H32N4O7/c1-4-40-29(35)26-20(2)32-21(3)27(28(26)24-6-5-7-25(16-24)34(37)38)30(36)41-15-14-39-18-23-10-8-22(9-11-23)17-33-13-12-31-19-33/h5-13,16,19,28,32H,4,14-15,17-18H2,1-3H3. The number of esters is 2. The third kappa shape index (κ3) is 7.25. The van der Waals surface area contributed by atoms with Crippen molar-refractivity contribution in [1.82, 2.24) is 14.9 Å². The molecule has 1 aromatic heterocycles. The Labute approximate surface area is 237 Å². The number of dihydropyridines is 1. The first-order chi connectivity index (χ1) is 19.8. The predicted molar refractivity (Wildman–Crippen MR) is 149 cm³/mol. The Hall–Kier alpha value is -4.77. The lowest BCUT2D eigenvalue weighted by Gasteiger charge is -2.30. The molecule has 2 heterocycles. The molecule has 0 aliphatic carbocycles. The Bertz CT molecular complexity index is 1460. The number of nitro groups is 1. The van der Waals surface area contributed by atoms with E-state index in [0.29, 0.717) is 23.6 Å². The molecule has 214 valence electrons. The summed E-state index contributed by atoms with van der Waals surface area (Å²) in [5.41, 5.74) is 3.70. The van der Waals surface area contributed by atoms with Gasteiger partial charge in [0.15, 0.2) is 0 Å². The molecule has 0 bridgehead atoms. The summed E-state index contributed by atoms with van der Waals surface area (Å²) >= 11 is 0. The topological polar surface area (TPSA) is 135 Å². The van der Waals surface area contributed by atoms with Crippen molar-refractivity contribution in [3.8, 4) is 0 Å². The van der Waals surface area contributed by atoms with Crippen molar-refractivity contribution >= 4 is 17.6 Å². The van der Waals surface area contributed by atoms with Crippen LogP contribution in [0.3, 0.4) is 0 Å². The number of imidazole rings is 1. The van der Waals surface area contributed by atoms with Crippen LogP contribution in [0.4, 0.5) is 5.69 Å². The Kier molecular flexibility index (Phi) is 9.64. The molecule has 0 spiro atoms. The van der Waals surface area contributed by atoms with Gasteiger partial charge in [0.1, 0.15) is 6.61 Å². The Balaban J connectivity index is 1.41. The maximum atomic E-state index is 13.4. The maximum absolute atomic E-state index is 13.4. The third-order valence-electron chi connectivity index (χ3n) is 6.57. The fourth-order valence-corrected chi connectivity index (χ4v) is 4.69. The van der Waals surface area contributed by atoms with Gasteiger partial charge >= 0.3 is 11.9 Å². The third-order valence-corrected chi connectivity index (χ3v) is 6.57. The van der Waals surface area contributed by atoms with Crippen molar-refractivity contribution in [1.29, 1.82) is 0 Å². The summed E-state index contributed by atoms with van der Waals surface area (Å²) in [6, 6.07) is 13.9. The van der Waals surface area contributed by atoms with Crippen LogP contribution < -0.4 is 5.32 Å². The number of nitro benzene ring substituents is 1. The number of rotatable bonds is 12. The highest BCUT2D eigenvalue weighted by Gasteiger charge is 2.38. The molecule has 1 unspecified atom stereocenters. The normalized spacial score (nSPS) is 15.0. The van der Waals surface area contributed by atoms with Crippen LogP contribution in [0.5, 0.6) is 0 Å². The molecule has 1 atom stereocenters. The summed E-state index contributed by atoms with van der Waals surface area (Å²) in [6.45, 7) is 6.40. The van der Waals surface area contributed by atoms with Crippen LogP contribution in [-0.2, 0) is 37.0 Å². The van der Waals surface area contributed by atoms with Gasteiger partial charge in [0.2, 0.25) is 0 Å². The number of carbonyl (C=O) groups excluding carboxylic acids is 2. The van der Waals surface area contributed by atoms with E-state index in [-0.39, 0.29) is 36.7 Å². The van der Waals surface area contributed by atoms with Gasteiger partial charge in [-0.05, 0) is 37.5 Å². The molecule has 0 amide bonds. The first-order valence-electron chi connectivity index (χ1n) is 13.2. The molecule has 0 fully saturated rings. The molecule has 1 aliphatic heterocycles. The predicted octanol–water partition coefficient (Wildman–Crippen LogP) is 4.40. The summed E-state index contributed by atoms with van der Waals surface area (Å²) in [4.78, 5) is 41.3. The molecule has 0 saturated carbocycles. The number of nitrogens with one attached hydrogen (secondary N) is 1. The van der Waals surface area contributed by atoms with Crippen molar-refractivity contribution in [2.75, 3.05) is 19.8 Å². The SMILES string of the molecule is CCOC(=O)C1=C(C)NC(C)=C(C(=O)OCCOCc2ccc(Cn3ccnc3)cc2)C1c1cccc([N+](=O)[O-])c1. The van der Waals surface area contributed by atoms with Gasteiger partial charge < -0.3 is 24.1 Å². The second-order valence-corrected chi connectivity index (χ2v) is 9.45. The number of aromatic nitrogens is 2. The van der Waals surface area contributed by atoms with E-state index in [9.17, 15) is 19.7 Å². The number of allylic oxidation sites excluding steroid dienone is 2. The van der Waals surface area contributed by atoms with Gasteiger partial charge in [-0.15, -0.1) is 0 Å². The minimum absolute atomic E-state index is 0.0204. The maximum Gasteiger partial charge on any atom is 0.336 e. The lowest BCUT2D eigenvalue weighted by molar-refractivity contribution is -0.384. The van der Waals surface area contributed by atoms with Crippen LogP contribution in [-0.4, -0.2) is 46.2 Å². The zero-order valence-electron chi connectivity index (χ0n) is 23.2. The number of hydrogen-bond donors (Lipinski definition) is 1. The second kappa shape index (κ2) is 13.5. The highest BCUT2D eigenvalue weighted by molar-refractivity contribution is 6.00. The zero-order chi connectivity index (χ0) is 29.4. The molecule has 1 aliphatic rings. The molecule has 11 heteroatoms. The van der Waals surface area contributed by atoms with Crippen molar-refractivity contribution in [2.24, 2.45) is 0 Å². The van der Waals surface area contributed by atoms with Crippen LogP contribution in [0.25, 0.3) is 0 Å². The molecule has 4 rings (SSSR count). The fourth-order valence-electron chi connectivity index (χ4n) is 4.69. The van der Waals surface area contributed by atoms with Crippen LogP contribution >= 0.6 is 0 Å². The highest BCUT2D eigenvalue weighted by Crippen LogP contribution is 2.40. The molecule has 3 aromatic rings. The number of ether oxygens (including phenoxy) is 3. The van der Waals surface area contributed by atoms with Crippen LogP contribution in [0.15, 0.2) is 89.8 Å². The molecule has 1 N–H and O–H groups in total. The largest absolute Gasteiger partial charge is 0.463 e. The average molecular weight is 561 g/mol. The van der Waals surface area contributed by atoms with E-state index in [4.69, 9.17) is 14.2 Å². The van der Waals surface area contributed by atoms with Crippen LogP contribution in [0.1, 0.15) is 43.4 Å². The van der Waals surface area contributed by atoms with Crippen molar-refractivity contribution in [2.45, 2.75) is 39.8 Å². The van der Waals surface area contributed by atoms with E-state index in [2.05, 4.69) is 10.3 Å². The first-order valence-corrected chi connectivity index (χ1v) is 13.2. The smallest absolute Gasteiger partial charge is 0.336 e. The van der Waals surface area contributed by atoms with Crippen molar-refractivity contribution < 1.29 is 28.7 Å². The second-order valence-electron chi connectivity index (χ2n) is 9.45. The van der Waals surface area contributed by atoms with Crippen LogP contribution in [0, 0.1) is 10.1 Å². The fraction of sp³-hybridized carbons (Fsp3) is 0.300. The molecule has 0 saturated heterocycles. The Morgan fingerprint density at radius 1 is 1.00 bits per heavy atom. The van der Waals surface area contributed by atoms with E-state index in [1.54, 1.807) is 39.4 Å². The summed E-state index contributed by atoms with van der Waals surface area (Å²) in [6.07, 6.45) is 5.41. The van der Waals surface area contributed by atoms with E-state index in [0.717, 1.165) is 17.7 Å². The Morgan fingerprint density at radius 2 is 1.68 bits per heavy atom. The summed E-state index contributed by atoms with van der Waals surface area (Å²) in [7, 11) is 0. The lowest BCUT2D eigenvalue weighted by atomic mass is 9.80. The van der Waals surface area contributed by atoms with E-state index in [1.807, 2.05) is 35.0 Å². The lowest BCUT2D eigenvalue weighted by Crippen LogP contribution is -2.32. The minimum atomic E-state index is -0.913. The quantitative estimate of drug-likeness (QED) is 0.148. The van der Waals surface area contributed by atoms with E-state index >= 15 is 0 Å². The van der Waals surface area contributed by atoms with Gasteiger partial charge in [-0.1, -0.05) is 36.4 Å². The number of hydrogen-bond acceptors (Lipinski definition) is 9. The minimum Gasteiger partial charge on any atom is -0.463 e. The number of nitrogens with zero attached hydrogens (tertiary/aromatic N) is 3. The summed E-state index contributed by atoms with van der Waals surface area (Å²) in [5, 5.41) is 14.5. The zero-order valence-corrected chi connectivity index (χ0v) is 23.2. The van der Waals surface area contributed by atoms with Crippen molar-refractivity contribution in [3.63, 3.8) is 0 Å². The van der Waals surface area contributed by atoms with Gasteiger partial charge in [0, 0.05) is 42.5 Å². The average Bonchev–Trinajstić information content (AvgIpc) is 3.46. The molecular formula is C30H32N4O7. The Morgan fingerprint density at radius 3 is 2.32 bits per heavy atom. The highest BCUT2D eigenvalue weighted by atomic mass is 16.6. The summed E-state index contributed by atoms with van der Waals surface area (Å²) in [5.74, 6) is -2.19. The molecular weight excluding hydrogens is 528 g/mol. The van der Waals surface area contributed by atoms with E-state index < -0.39 is 22.8 Å². The van der Waals surface area contributed by atoms with Gasteiger partial charge in [-0.25, -0.2) is 14.6 Å². The molecule has 41 heavy (non-hydrogen) atoms. The van der Waals surface area contributed by atoms with Crippen LogP contribution in [0.2, 0.25) is 0 Å². The molecule has 2 aromatic carbocycles. The van der Waals surface area contributed by atoms with Gasteiger partial charge in [-0.2, -0.15) is 0 Å². The van der Waals surface area contributed by atoms with Gasteiger partial charge in [0.25, 0.3) is 5.69 Å². The van der Waals surface area contributed by atoms with Crippen molar-refractivity contribution in [3.05, 3.63) is 117 Å². The van der Waals surface area contributed by atoms with Gasteiger partial charge in [-0.3, -0.25) is 10.1 Å². The number of benzene rings is 2. The molecule has 11 nitrogen and oxygen atoms in total.